The smallest absolute Gasteiger partial charge is 0.227 e. The molecule has 5 heteroatoms. The zero-order chi connectivity index (χ0) is 16.3. The molecule has 1 aliphatic carbocycles. The van der Waals surface area contributed by atoms with Gasteiger partial charge in [-0.2, -0.15) is 0 Å². The minimum absolute atomic E-state index is 0.0461. The lowest BCUT2D eigenvalue weighted by atomic mass is 10.1. The Bertz CT molecular complexity index is 389. The van der Waals surface area contributed by atoms with Crippen LogP contribution in [0.5, 0.6) is 0 Å². The van der Waals surface area contributed by atoms with Crippen LogP contribution in [0.2, 0.25) is 0 Å². The standard InChI is InChI=1S/C11H12ClNO2.C3H8O.C2H6/c12-9-2-1-8-7-11(15)13(5-6-14)10(8)4-3-9;1-3-4-2;1-2/h1,3,6,10H,2,4-5,7H2;3H2,1-2H3;1-2H3. The van der Waals surface area contributed by atoms with Gasteiger partial charge in [-0.25, -0.2) is 0 Å². The number of aldehydes is 1. The van der Waals surface area contributed by atoms with Gasteiger partial charge in [-0.3, -0.25) is 4.79 Å². The van der Waals surface area contributed by atoms with Crippen LogP contribution < -0.4 is 0 Å². The van der Waals surface area contributed by atoms with E-state index >= 15 is 0 Å². The molecule has 0 aromatic carbocycles. The molecule has 1 saturated heterocycles. The highest BCUT2D eigenvalue weighted by Gasteiger charge is 2.34. The zero-order valence-electron chi connectivity index (χ0n) is 13.4. The lowest BCUT2D eigenvalue weighted by Crippen LogP contribution is -2.34. The first kappa shape index (κ1) is 19.9. The number of methoxy groups -OCH3 is 1. The predicted octanol–water partition coefficient (Wildman–Crippen LogP) is 3.31. The van der Waals surface area contributed by atoms with Crippen LogP contribution in [-0.4, -0.2) is 43.4 Å². The van der Waals surface area contributed by atoms with Gasteiger partial charge in [0.15, 0.2) is 0 Å². The van der Waals surface area contributed by atoms with Crippen LogP contribution in [0.4, 0.5) is 0 Å². The molecule has 2 aliphatic rings. The number of carbonyl (C=O) groups excluding carboxylic acids is 2. The molecule has 1 unspecified atom stereocenters. The summed E-state index contributed by atoms with van der Waals surface area (Å²) in [7, 11) is 1.68. The van der Waals surface area contributed by atoms with Gasteiger partial charge >= 0.3 is 0 Å². The number of hydrogen-bond acceptors (Lipinski definition) is 3. The number of likely N-dealkylation sites (tertiary alicyclic amines) is 1. The van der Waals surface area contributed by atoms with E-state index in [9.17, 15) is 9.59 Å². The van der Waals surface area contributed by atoms with Crippen molar-refractivity contribution in [2.24, 2.45) is 0 Å². The van der Waals surface area contributed by atoms with Crippen molar-refractivity contribution in [1.29, 1.82) is 0 Å². The largest absolute Gasteiger partial charge is 0.385 e. The molecule has 21 heavy (non-hydrogen) atoms. The molecule has 1 aliphatic heterocycles. The molecule has 0 aromatic rings. The molecule has 1 fully saturated rings. The first-order valence-electron chi connectivity index (χ1n) is 7.39. The Hall–Kier alpha value is -1.13. The third kappa shape index (κ3) is 6.44. The van der Waals surface area contributed by atoms with Gasteiger partial charge in [-0.05, 0) is 18.9 Å². The lowest BCUT2D eigenvalue weighted by Gasteiger charge is -2.21. The molecule has 0 radical (unpaired) electrons. The Morgan fingerprint density at radius 3 is 2.57 bits per heavy atom. The number of rotatable bonds is 3. The Labute approximate surface area is 132 Å². The number of carbonyl (C=O) groups is 2. The van der Waals surface area contributed by atoms with Gasteiger partial charge in [0.05, 0.1) is 12.6 Å². The van der Waals surface area contributed by atoms with Crippen LogP contribution in [0.1, 0.15) is 40.0 Å². The van der Waals surface area contributed by atoms with Crippen molar-refractivity contribution >= 4 is 23.8 Å². The van der Waals surface area contributed by atoms with Crippen LogP contribution in [-0.2, 0) is 14.3 Å². The van der Waals surface area contributed by atoms with E-state index in [0.717, 1.165) is 29.9 Å². The van der Waals surface area contributed by atoms with Crippen LogP contribution in [0, 0.1) is 0 Å². The lowest BCUT2D eigenvalue weighted by molar-refractivity contribution is -0.131. The maximum atomic E-state index is 11.6. The van der Waals surface area contributed by atoms with Crippen molar-refractivity contribution < 1.29 is 14.3 Å². The Morgan fingerprint density at radius 1 is 1.43 bits per heavy atom. The van der Waals surface area contributed by atoms with E-state index in [-0.39, 0.29) is 18.5 Å². The fourth-order valence-electron chi connectivity index (χ4n) is 2.12. The fraction of sp³-hybridized carbons (Fsp3) is 0.625. The van der Waals surface area contributed by atoms with Crippen LogP contribution in [0.25, 0.3) is 0 Å². The van der Waals surface area contributed by atoms with E-state index in [0.29, 0.717) is 12.8 Å². The molecule has 2 rings (SSSR count). The molecule has 1 heterocycles. The molecule has 0 saturated carbocycles. The van der Waals surface area contributed by atoms with E-state index < -0.39 is 0 Å². The monoisotopic (exact) mass is 315 g/mol. The molecule has 4 nitrogen and oxygen atoms in total. The van der Waals surface area contributed by atoms with E-state index in [1.807, 2.05) is 32.9 Å². The van der Waals surface area contributed by atoms with Gasteiger partial charge in [-0.1, -0.05) is 37.6 Å². The summed E-state index contributed by atoms with van der Waals surface area (Å²) in [5, 5.41) is 0.815. The van der Waals surface area contributed by atoms with Gasteiger partial charge in [0.25, 0.3) is 0 Å². The minimum Gasteiger partial charge on any atom is -0.385 e. The van der Waals surface area contributed by atoms with Crippen molar-refractivity contribution in [3.05, 3.63) is 22.8 Å². The SMILES string of the molecule is CC.CCOC.O=CCN1C(=O)CC2=CCC(Cl)=CCC21. The second-order valence-corrected chi connectivity index (χ2v) is 4.84. The molecule has 0 bridgehead atoms. The molecule has 0 N–H and O–H groups in total. The molecular formula is C16H26ClNO3. The van der Waals surface area contributed by atoms with Gasteiger partial charge in [0.2, 0.25) is 5.91 Å². The van der Waals surface area contributed by atoms with Crippen molar-refractivity contribution in [2.75, 3.05) is 20.3 Å². The quantitative estimate of drug-likeness (QED) is 0.593. The highest BCUT2D eigenvalue weighted by molar-refractivity contribution is 6.29. The third-order valence-corrected chi connectivity index (χ3v) is 3.47. The van der Waals surface area contributed by atoms with E-state index in [1.165, 1.54) is 0 Å². The number of amides is 1. The number of hydrogen-bond donors (Lipinski definition) is 0. The van der Waals surface area contributed by atoms with Gasteiger partial charge in [0, 0.05) is 31.6 Å². The number of allylic oxidation sites excluding steroid dienone is 2. The van der Waals surface area contributed by atoms with E-state index in [2.05, 4.69) is 4.74 Å². The topological polar surface area (TPSA) is 46.6 Å². The number of halogens is 1. The Kier molecular flexibility index (Phi) is 10.9. The van der Waals surface area contributed by atoms with Crippen molar-refractivity contribution in [1.82, 2.24) is 4.90 Å². The zero-order valence-corrected chi connectivity index (χ0v) is 14.2. The van der Waals surface area contributed by atoms with Crippen LogP contribution >= 0.6 is 11.6 Å². The second kappa shape index (κ2) is 11.5. The number of fused-ring (bicyclic) bond motifs is 1. The maximum absolute atomic E-state index is 11.6. The fourth-order valence-corrected chi connectivity index (χ4v) is 2.28. The van der Waals surface area contributed by atoms with Crippen molar-refractivity contribution in [3.8, 4) is 0 Å². The summed E-state index contributed by atoms with van der Waals surface area (Å²) < 4.78 is 4.54. The van der Waals surface area contributed by atoms with Gasteiger partial charge in [-0.15, -0.1) is 0 Å². The molecule has 1 atom stereocenters. The Balaban J connectivity index is 0.000000579. The molecule has 0 spiro atoms. The Morgan fingerprint density at radius 2 is 2.05 bits per heavy atom. The first-order chi connectivity index (χ1) is 10.1. The first-order valence-corrected chi connectivity index (χ1v) is 7.77. The molecular weight excluding hydrogens is 290 g/mol. The molecule has 0 aromatic heterocycles. The minimum atomic E-state index is 0.0461. The summed E-state index contributed by atoms with van der Waals surface area (Å²) >= 11 is 5.94. The summed E-state index contributed by atoms with van der Waals surface area (Å²) in [5.41, 5.74) is 1.11. The average molecular weight is 316 g/mol. The van der Waals surface area contributed by atoms with Crippen molar-refractivity contribution in [3.63, 3.8) is 0 Å². The summed E-state index contributed by atoms with van der Waals surface area (Å²) in [6, 6.07) is 0.0546. The maximum Gasteiger partial charge on any atom is 0.227 e. The average Bonchev–Trinajstić information content (AvgIpc) is 2.69. The van der Waals surface area contributed by atoms with Crippen LogP contribution in [0.3, 0.4) is 0 Å². The number of nitrogens with zero attached hydrogens (tertiary/aromatic N) is 1. The van der Waals surface area contributed by atoms with Crippen molar-refractivity contribution in [2.45, 2.75) is 46.1 Å². The highest BCUT2D eigenvalue weighted by atomic mass is 35.5. The predicted molar refractivity (Wildman–Crippen MR) is 86.3 cm³/mol. The summed E-state index contributed by atoms with van der Waals surface area (Å²) in [4.78, 5) is 23.7. The van der Waals surface area contributed by atoms with Gasteiger partial charge in [0.1, 0.15) is 6.29 Å². The van der Waals surface area contributed by atoms with Crippen LogP contribution in [0.15, 0.2) is 22.8 Å². The highest BCUT2D eigenvalue weighted by Crippen LogP contribution is 2.31. The summed E-state index contributed by atoms with van der Waals surface area (Å²) in [6.45, 7) is 6.96. The summed E-state index contributed by atoms with van der Waals surface area (Å²) in [6.07, 6.45) is 6.60. The van der Waals surface area contributed by atoms with Gasteiger partial charge < -0.3 is 14.4 Å². The normalized spacial score (nSPS) is 20.0. The number of ether oxygens (including phenoxy) is 1. The van der Waals surface area contributed by atoms with E-state index in [4.69, 9.17) is 11.6 Å². The van der Waals surface area contributed by atoms with E-state index in [1.54, 1.807) is 12.0 Å². The molecule has 1 amide bonds. The second-order valence-electron chi connectivity index (χ2n) is 4.35. The molecule has 120 valence electrons. The summed E-state index contributed by atoms with van der Waals surface area (Å²) in [5.74, 6) is 0.0461. The third-order valence-electron chi connectivity index (χ3n) is 3.16.